The number of hydrogen-bond acceptors (Lipinski definition) is 4. The molecule has 19 heavy (non-hydrogen) atoms. The van der Waals surface area contributed by atoms with Crippen molar-refractivity contribution in [3.8, 4) is 0 Å². The molecule has 0 spiro atoms. The topological polar surface area (TPSA) is 64.3 Å². The maximum atomic E-state index is 11.5. The van der Waals surface area contributed by atoms with Crippen molar-refractivity contribution in [3.63, 3.8) is 0 Å². The Labute approximate surface area is 114 Å². The van der Waals surface area contributed by atoms with E-state index in [1.165, 1.54) is 7.11 Å². The molecule has 1 aromatic carbocycles. The number of esters is 1. The van der Waals surface area contributed by atoms with Crippen LogP contribution in [0.25, 0.3) is 0 Å². The molecule has 1 aliphatic rings. The van der Waals surface area contributed by atoms with Crippen molar-refractivity contribution < 1.29 is 9.53 Å². The third kappa shape index (κ3) is 2.05. The smallest absolute Gasteiger partial charge is 0.337 e. The summed E-state index contributed by atoms with van der Waals surface area (Å²) in [5, 5.41) is 3.45. The fourth-order valence-electron chi connectivity index (χ4n) is 2.64. The van der Waals surface area contributed by atoms with E-state index in [0.29, 0.717) is 17.3 Å². The molecule has 0 atom stereocenters. The molecule has 104 valence electrons. The summed E-state index contributed by atoms with van der Waals surface area (Å²) in [6.45, 7) is 8.91. The lowest BCUT2D eigenvalue weighted by Gasteiger charge is -2.12. The van der Waals surface area contributed by atoms with E-state index in [1.807, 2.05) is 0 Å². The fraction of sp³-hybridized carbons (Fsp3) is 0.533. The Morgan fingerprint density at radius 3 is 2.32 bits per heavy atom. The van der Waals surface area contributed by atoms with E-state index < -0.39 is 0 Å². The molecule has 0 aliphatic heterocycles. The quantitative estimate of drug-likeness (QED) is 0.649. The van der Waals surface area contributed by atoms with Crippen molar-refractivity contribution >= 4 is 17.3 Å². The summed E-state index contributed by atoms with van der Waals surface area (Å²) in [5.74, 6) is -0.350. The molecule has 3 N–H and O–H groups in total. The second-order valence-corrected chi connectivity index (χ2v) is 6.31. The Hall–Kier alpha value is -1.71. The predicted octanol–water partition coefficient (Wildman–Crippen LogP) is 2.90. The minimum Gasteiger partial charge on any atom is -0.465 e. The molecule has 1 aromatic rings. The van der Waals surface area contributed by atoms with Crippen LogP contribution < -0.4 is 11.1 Å². The van der Waals surface area contributed by atoms with Gasteiger partial charge in [0.2, 0.25) is 0 Å². The number of ether oxygens (including phenoxy) is 1. The lowest BCUT2D eigenvalue weighted by Crippen LogP contribution is -2.12. The maximum absolute atomic E-state index is 11.5. The summed E-state index contributed by atoms with van der Waals surface area (Å²) in [6, 6.07) is 5.51. The van der Waals surface area contributed by atoms with E-state index in [1.54, 1.807) is 18.2 Å². The number of anilines is 2. The molecular formula is C15H22N2O2. The Kier molecular flexibility index (Phi) is 3.00. The van der Waals surface area contributed by atoms with Gasteiger partial charge in [0.15, 0.2) is 0 Å². The van der Waals surface area contributed by atoms with Crippen molar-refractivity contribution in [1.82, 2.24) is 0 Å². The number of rotatable bonds is 3. The van der Waals surface area contributed by atoms with E-state index in [9.17, 15) is 4.79 Å². The van der Waals surface area contributed by atoms with Crippen molar-refractivity contribution in [1.29, 1.82) is 0 Å². The highest BCUT2D eigenvalue weighted by atomic mass is 16.5. The van der Waals surface area contributed by atoms with Gasteiger partial charge in [-0.3, -0.25) is 0 Å². The molecular weight excluding hydrogens is 240 g/mol. The molecule has 0 saturated heterocycles. The average Bonchev–Trinajstić information content (AvgIpc) is 2.73. The standard InChI is InChI=1S/C15H22N2O2/c1-14(2)13(15(14,3)4)17-11-8-9(12(18)19-5)6-7-10(11)16/h6-8,13,17H,16H2,1-5H3. The molecule has 4 nitrogen and oxygen atoms in total. The monoisotopic (exact) mass is 262 g/mol. The van der Waals surface area contributed by atoms with Gasteiger partial charge in [0.25, 0.3) is 0 Å². The van der Waals surface area contributed by atoms with Gasteiger partial charge < -0.3 is 15.8 Å². The summed E-state index contributed by atoms with van der Waals surface area (Å²) in [6.07, 6.45) is 0. The number of carbonyl (C=O) groups is 1. The van der Waals surface area contributed by atoms with Crippen molar-refractivity contribution in [2.24, 2.45) is 10.8 Å². The predicted molar refractivity (Wildman–Crippen MR) is 77.2 cm³/mol. The first-order chi connectivity index (χ1) is 8.71. The Bertz CT molecular complexity index is 507. The summed E-state index contributed by atoms with van der Waals surface area (Å²) >= 11 is 0. The number of nitrogens with one attached hydrogen (secondary N) is 1. The second-order valence-electron chi connectivity index (χ2n) is 6.31. The van der Waals surface area contributed by atoms with E-state index in [-0.39, 0.29) is 16.8 Å². The molecule has 0 aromatic heterocycles. The zero-order chi connectivity index (χ0) is 14.4. The highest BCUT2D eigenvalue weighted by molar-refractivity contribution is 5.92. The molecule has 1 fully saturated rings. The van der Waals surface area contributed by atoms with Crippen molar-refractivity contribution in [2.75, 3.05) is 18.2 Å². The number of nitrogen functional groups attached to an aromatic ring is 1. The van der Waals surface area contributed by atoms with Crippen LogP contribution in [0.1, 0.15) is 38.1 Å². The number of nitrogens with two attached hydrogens (primary N) is 1. The van der Waals surface area contributed by atoms with Gasteiger partial charge in [0.1, 0.15) is 0 Å². The summed E-state index contributed by atoms with van der Waals surface area (Å²) < 4.78 is 4.73. The van der Waals surface area contributed by atoms with Gasteiger partial charge in [-0.15, -0.1) is 0 Å². The molecule has 0 radical (unpaired) electrons. The SMILES string of the molecule is COC(=O)c1ccc(N)c(NC2C(C)(C)C2(C)C)c1. The molecule has 1 saturated carbocycles. The van der Waals surface area contributed by atoms with Crippen molar-refractivity contribution in [2.45, 2.75) is 33.7 Å². The van der Waals surface area contributed by atoms with Crippen molar-refractivity contribution in [3.05, 3.63) is 23.8 Å². The zero-order valence-electron chi connectivity index (χ0n) is 12.2. The van der Waals surface area contributed by atoms with E-state index in [2.05, 4.69) is 33.0 Å². The second kappa shape index (κ2) is 4.15. The maximum Gasteiger partial charge on any atom is 0.337 e. The minimum atomic E-state index is -0.350. The number of carbonyl (C=O) groups excluding carboxylic acids is 1. The van der Waals surface area contributed by atoms with Crippen LogP contribution in [-0.2, 0) is 4.74 Å². The summed E-state index contributed by atoms with van der Waals surface area (Å²) in [4.78, 5) is 11.5. The molecule has 0 heterocycles. The first kappa shape index (κ1) is 13.7. The Morgan fingerprint density at radius 2 is 1.84 bits per heavy atom. The fourth-order valence-corrected chi connectivity index (χ4v) is 2.64. The van der Waals surface area contributed by atoms with Crippen LogP contribution in [0.3, 0.4) is 0 Å². The first-order valence-electron chi connectivity index (χ1n) is 6.46. The van der Waals surface area contributed by atoms with Crippen LogP contribution in [0.5, 0.6) is 0 Å². The Balaban J connectivity index is 2.24. The minimum absolute atomic E-state index is 0.209. The van der Waals surface area contributed by atoms with Gasteiger partial charge in [0, 0.05) is 6.04 Å². The van der Waals surface area contributed by atoms with E-state index >= 15 is 0 Å². The van der Waals surface area contributed by atoms with E-state index in [0.717, 1.165) is 5.69 Å². The van der Waals surface area contributed by atoms with Crippen LogP contribution in [-0.4, -0.2) is 19.1 Å². The lowest BCUT2D eigenvalue weighted by molar-refractivity contribution is 0.0601. The number of hydrogen-bond donors (Lipinski definition) is 2. The molecule has 2 rings (SSSR count). The number of benzene rings is 1. The van der Waals surface area contributed by atoms with Gasteiger partial charge in [-0.05, 0) is 29.0 Å². The summed E-state index contributed by atoms with van der Waals surface area (Å²) in [5.41, 5.74) is 8.34. The largest absolute Gasteiger partial charge is 0.465 e. The van der Waals surface area contributed by atoms with Gasteiger partial charge >= 0.3 is 5.97 Å². The average molecular weight is 262 g/mol. The van der Waals surface area contributed by atoms with Gasteiger partial charge in [-0.1, -0.05) is 27.7 Å². The molecule has 0 amide bonds. The van der Waals surface area contributed by atoms with Crippen LogP contribution in [0.2, 0.25) is 0 Å². The highest BCUT2D eigenvalue weighted by Gasteiger charge is 2.65. The zero-order valence-corrected chi connectivity index (χ0v) is 12.2. The number of methoxy groups -OCH3 is 1. The lowest BCUT2D eigenvalue weighted by atomic mass is 10.0. The molecule has 0 unspecified atom stereocenters. The summed E-state index contributed by atoms with van der Waals surface area (Å²) in [7, 11) is 1.37. The molecule has 1 aliphatic carbocycles. The molecule has 0 bridgehead atoms. The van der Waals surface area contributed by atoms with Gasteiger partial charge in [-0.2, -0.15) is 0 Å². The normalized spacial score (nSPS) is 19.8. The molecule has 4 heteroatoms. The Morgan fingerprint density at radius 1 is 1.26 bits per heavy atom. The van der Waals surface area contributed by atoms with E-state index in [4.69, 9.17) is 10.5 Å². The van der Waals surface area contributed by atoms with Gasteiger partial charge in [-0.25, -0.2) is 4.79 Å². The van der Waals surface area contributed by atoms with Crippen LogP contribution in [0.15, 0.2) is 18.2 Å². The van der Waals surface area contributed by atoms with Crippen LogP contribution in [0, 0.1) is 10.8 Å². The third-order valence-electron chi connectivity index (χ3n) is 4.79. The van der Waals surface area contributed by atoms with Crippen LogP contribution >= 0.6 is 0 Å². The highest BCUT2D eigenvalue weighted by Crippen LogP contribution is 2.63. The first-order valence-corrected chi connectivity index (χ1v) is 6.46. The van der Waals surface area contributed by atoms with Gasteiger partial charge in [0.05, 0.1) is 24.0 Å². The van der Waals surface area contributed by atoms with Crippen LogP contribution in [0.4, 0.5) is 11.4 Å². The third-order valence-corrected chi connectivity index (χ3v) is 4.79.